The molecule has 1 unspecified atom stereocenters. The highest BCUT2D eigenvalue weighted by molar-refractivity contribution is 5.94. The number of carboxylic acid groups (broad SMARTS) is 1. The summed E-state index contributed by atoms with van der Waals surface area (Å²) < 4.78 is 0. The molecule has 1 aromatic rings. The first-order valence-corrected chi connectivity index (χ1v) is 6.00. The Balaban J connectivity index is 2.64. The fourth-order valence-electron chi connectivity index (χ4n) is 1.49. The molecule has 8 heteroatoms. The van der Waals surface area contributed by atoms with Gasteiger partial charge in [0.05, 0.1) is 4.92 Å². The molecular formula is C13H14N2O6. The van der Waals surface area contributed by atoms with Crippen LogP contribution in [-0.4, -0.2) is 39.7 Å². The summed E-state index contributed by atoms with van der Waals surface area (Å²) in [6, 6.07) is 4.35. The molecule has 3 N–H and O–H groups in total. The summed E-state index contributed by atoms with van der Waals surface area (Å²) in [5.41, 5.74) is 0.496. The number of nitro benzene ring substituents is 1. The summed E-state index contributed by atoms with van der Waals surface area (Å²) in [5, 5.41) is 30.2. The van der Waals surface area contributed by atoms with Crippen molar-refractivity contribution in [3.8, 4) is 0 Å². The first-order valence-electron chi connectivity index (χ1n) is 6.00. The fraction of sp³-hybridized carbons (Fsp3) is 0.231. The van der Waals surface area contributed by atoms with Crippen LogP contribution in [0.15, 0.2) is 30.3 Å². The largest absolute Gasteiger partial charge is 0.480 e. The van der Waals surface area contributed by atoms with Crippen LogP contribution >= 0.6 is 0 Å². The molecule has 0 radical (unpaired) electrons. The van der Waals surface area contributed by atoms with E-state index in [4.69, 9.17) is 10.2 Å². The molecule has 0 heterocycles. The molecule has 0 spiro atoms. The molecule has 0 aliphatic heterocycles. The van der Waals surface area contributed by atoms with Gasteiger partial charge in [-0.15, -0.1) is 0 Å². The van der Waals surface area contributed by atoms with Gasteiger partial charge in [-0.05, 0) is 23.8 Å². The van der Waals surface area contributed by atoms with Gasteiger partial charge >= 0.3 is 5.97 Å². The lowest BCUT2D eigenvalue weighted by Crippen LogP contribution is -2.40. The van der Waals surface area contributed by atoms with Crippen LogP contribution in [0.25, 0.3) is 6.08 Å². The number of rotatable bonds is 7. The minimum atomic E-state index is -1.24. The van der Waals surface area contributed by atoms with Crippen molar-refractivity contribution in [1.29, 1.82) is 0 Å². The smallest absolute Gasteiger partial charge is 0.326 e. The molecule has 1 amide bonds. The van der Waals surface area contributed by atoms with Crippen LogP contribution in [0.3, 0.4) is 0 Å². The van der Waals surface area contributed by atoms with Crippen LogP contribution in [0.5, 0.6) is 0 Å². The van der Waals surface area contributed by atoms with Gasteiger partial charge in [-0.25, -0.2) is 4.79 Å². The second-order valence-electron chi connectivity index (χ2n) is 4.09. The highest BCUT2D eigenvalue weighted by Crippen LogP contribution is 2.12. The van der Waals surface area contributed by atoms with E-state index >= 15 is 0 Å². The molecule has 1 atom stereocenters. The fourth-order valence-corrected chi connectivity index (χ4v) is 1.49. The molecule has 112 valence electrons. The maximum absolute atomic E-state index is 11.5. The van der Waals surface area contributed by atoms with Crippen LogP contribution in [0.4, 0.5) is 5.69 Å². The molecule has 1 rings (SSSR count). The number of hydrogen-bond donors (Lipinski definition) is 3. The van der Waals surface area contributed by atoms with Gasteiger partial charge in [-0.3, -0.25) is 14.9 Å². The van der Waals surface area contributed by atoms with Crippen molar-refractivity contribution in [1.82, 2.24) is 5.32 Å². The number of nitrogens with zero attached hydrogens (tertiary/aromatic N) is 1. The molecule has 1 aromatic carbocycles. The first-order chi connectivity index (χ1) is 9.93. The number of amides is 1. The summed E-state index contributed by atoms with van der Waals surface area (Å²) in [5.74, 6) is -1.87. The SMILES string of the molecule is O=C(C=Cc1ccc([N+](=O)[O-])cc1)NC(CCO)C(=O)O. The molecule has 21 heavy (non-hydrogen) atoms. The Bertz CT molecular complexity index is 552. The van der Waals surface area contributed by atoms with Crippen molar-refractivity contribution in [3.63, 3.8) is 0 Å². The van der Waals surface area contributed by atoms with Crippen molar-refractivity contribution in [2.75, 3.05) is 6.61 Å². The van der Waals surface area contributed by atoms with Gasteiger partial charge in [0.25, 0.3) is 5.69 Å². The average Bonchev–Trinajstić information content (AvgIpc) is 2.45. The summed E-state index contributed by atoms with van der Waals surface area (Å²) in [6.45, 7) is -0.358. The third-order valence-electron chi connectivity index (χ3n) is 2.56. The second-order valence-corrected chi connectivity index (χ2v) is 4.09. The summed E-state index contributed by atoms with van der Waals surface area (Å²) >= 11 is 0. The van der Waals surface area contributed by atoms with Crippen molar-refractivity contribution in [2.24, 2.45) is 0 Å². The molecule has 0 saturated carbocycles. The minimum absolute atomic E-state index is 0.0644. The highest BCUT2D eigenvalue weighted by atomic mass is 16.6. The van der Waals surface area contributed by atoms with Gasteiger partial charge in [0.1, 0.15) is 6.04 Å². The topological polar surface area (TPSA) is 130 Å². The quantitative estimate of drug-likeness (QED) is 0.382. The van der Waals surface area contributed by atoms with Crippen LogP contribution in [-0.2, 0) is 9.59 Å². The third-order valence-corrected chi connectivity index (χ3v) is 2.56. The van der Waals surface area contributed by atoms with Gasteiger partial charge in [0, 0.05) is 31.2 Å². The number of aliphatic carboxylic acids is 1. The van der Waals surface area contributed by atoms with Gasteiger partial charge in [0.2, 0.25) is 5.91 Å². The van der Waals surface area contributed by atoms with Gasteiger partial charge < -0.3 is 15.5 Å². The second kappa shape index (κ2) is 7.75. The number of carboxylic acids is 1. The number of aliphatic hydroxyl groups is 1. The number of carbonyl (C=O) groups excluding carboxylic acids is 1. The molecule has 0 saturated heterocycles. The predicted octanol–water partition coefficient (Wildman–Crippen LogP) is 0.560. The zero-order valence-corrected chi connectivity index (χ0v) is 10.9. The lowest BCUT2D eigenvalue weighted by molar-refractivity contribution is -0.384. The average molecular weight is 294 g/mol. The van der Waals surface area contributed by atoms with Crippen LogP contribution < -0.4 is 5.32 Å². The van der Waals surface area contributed by atoms with Gasteiger partial charge in [-0.2, -0.15) is 0 Å². The molecule has 0 aliphatic carbocycles. The van der Waals surface area contributed by atoms with E-state index in [2.05, 4.69) is 5.32 Å². The van der Waals surface area contributed by atoms with E-state index < -0.39 is 22.8 Å². The van der Waals surface area contributed by atoms with E-state index in [1.807, 2.05) is 0 Å². The number of hydrogen-bond acceptors (Lipinski definition) is 5. The Hall–Kier alpha value is -2.74. The molecule has 8 nitrogen and oxygen atoms in total. The summed E-state index contributed by atoms with van der Waals surface area (Å²) in [7, 11) is 0. The van der Waals surface area contributed by atoms with Crippen molar-refractivity contribution < 1.29 is 24.7 Å². The van der Waals surface area contributed by atoms with E-state index in [-0.39, 0.29) is 18.7 Å². The lowest BCUT2D eigenvalue weighted by Gasteiger charge is -2.11. The molecule has 0 bridgehead atoms. The zero-order valence-electron chi connectivity index (χ0n) is 10.9. The lowest BCUT2D eigenvalue weighted by atomic mass is 10.2. The summed E-state index contributed by atoms with van der Waals surface area (Å²) in [4.78, 5) is 32.3. The van der Waals surface area contributed by atoms with Crippen LogP contribution in [0, 0.1) is 10.1 Å². The molecule has 0 aliphatic rings. The van der Waals surface area contributed by atoms with Crippen molar-refractivity contribution in [3.05, 3.63) is 46.0 Å². The van der Waals surface area contributed by atoms with Gasteiger partial charge in [0.15, 0.2) is 0 Å². The Morgan fingerprint density at radius 2 is 1.95 bits per heavy atom. The van der Waals surface area contributed by atoms with Crippen LogP contribution in [0.2, 0.25) is 0 Å². The number of carbonyl (C=O) groups is 2. The van der Waals surface area contributed by atoms with E-state index in [1.54, 1.807) is 0 Å². The van der Waals surface area contributed by atoms with E-state index in [9.17, 15) is 19.7 Å². The van der Waals surface area contributed by atoms with Gasteiger partial charge in [-0.1, -0.05) is 0 Å². The number of aliphatic hydroxyl groups excluding tert-OH is 1. The Morgan fingerprint density at radius 3 is 2.43 bits per heavy atom. The summed E-state index contributed by atoms with van der Waals surface area (Å²) in [6.07, 6.45) is 2.43. The predicted molar refractivity (Wildman–Crippen MR) is 73.4 cm³/mol. The van der Waals surface area contributed by atoms with Crippen molar-refractivity contribution >= 4 is 23.6 Å². The van der Waals surface area contributed by atoms with Crippen LogP contribution in [0.1, 0.15) is 12.0 Å². The number of nitro groups is 1. The molecule has 0 aromatic heterocycles. The molecular weight excluding hydrogens is 280 g/mol. The monoisotopic (exact) mass is 294 g/mol. The van der Waals surface area contributed by atoms with E-state index in [0.29, 0.717) is 5.56 Å². The molecule has 0 fully saturated rings. The minimum Gasteiger partial charge on any atom is -0.480 e. The van der Waals surface area contributed by atoms with Crippen molar-refractivity contribution in [2.45, 2.75) is 12.5 Å². The Morgan fingerprint density at radius 1 is 1.33 bits per heavy atom. The standard InChI is InChI=1S/C13H14N2O6/c16-8-7-11(13(18)19)14-12(17)6-3-9-1-4-10(5-2-9)15(20)21/h1-6,11,16H,7-8H2,(H,14,17)(H,18,19). The van der Waals surface area contributed by atoms with E-state index in [0.717, 1.165) is 6.08 Å². The Kier molecular flexibility index (Phi) is 6.02. The maximum atomic E-state index is 11.5. The third kappa shape index (κ3) is 5.41. The maximum Gasteiger partial charge on any atom is 0.326 e. The Labute approximate surface area is 119 Å². The normalized spacial score (nSPS) is 12.0. The highest BCUT2D eigenvalue weighted by Gasteiger charge is 2.17. The number of nitrogens with one attached hydrogen (secondary N) is 1. The zero-order chi connectivity index (χ0) is 15.8. The number of non-ortho nitro benzene ring substituents is 1. The number of benzene rings is 1. The first kappa shape index (κ1) is 16.3. The van der Waals surface area contributed by atoms with E-state index in [1.165, 1.54) is 30.3 Å².